The van der Waals surface area contributed by atoms with Gasteiger partial charge in [-0.1, -0.05) is 24.3 Å². The van der Waals surface area contributed by atoms with E-state index in [1.807, 2.05) is 30.7 Å². The largest absolute Gasteiger partial charge is 0.326 e. The SMILES string of the molecule is c1csc(-c2nccn2Cc2ccnc3ccccc23)c1. The van der Waals surface area contributed by atoms with E-state index in [9.17, 15) is 0 Å². The second-order valence-electron chi connectivity index (χ2n) is 4.84. The summed E-state index contributed by atoms with van der Waals surface area (Å²) < 4.78 is 2.19. The first-order valence-corrected chi connectivity index (χ1v) is 7.67. The van der Waals surface area contributed by atoms with Crippen molar-refractivity contribution < 1.29 is 0 Å². The maximum atomic E-state index is 4.49. The molecule has 0 aliphatic rings. The molecule has 0 aliphatic carbocycles. The third-order valence-electron chi connectivity index (χ3n) is 3.54. The number of pyridine rings is 1. The lowest BCUT2D eigenvalue weighted by atomic mass is 10.1. The Morgan fingerprint density at radius 3 is 2.81 bits per heavy atom. The van der Waals surface area contributed by atoms with Gasteiger partial charge in [-0.05, 0) is 29.1 Å². The third kappa shape index (κ3) is 2.23. The first kappa shape index (κ1) is 12.3. The topological polar surface area (TPSA) is 30.7 Å². The first-order chi connectivity index (χ1) is 10.4. The van der Waals surface area contributed by atoms with Crippen LogP contribution in [0, 0.1) is 0 Å². The minimum Gasteiger partial charge on any atom is -0.326 e. The average Bonchev–Trinajstić information content (AvgIpc) is 3.18. The van der Waals surface area contributed by atoms with Crippen LogP contribution in [-0.2, 0) is 6.54 Å². The molecular formula is C17H13N3S. The summed E-state index contributed by atoms with van der Waals surface area (Å²) in [5, 5.41) is 3.28. The minimum absolute atomic E-state index is 0.802. The molecule has 0 spiro atoms. The normalized spacial score (nSPS) is 11.0. The lowest BCUT2D eigenvalue weighted by Crippen LogP contribution is -2.01. The Bertz CT molecular complexity index is 873. The number of thiophene rings is 1. The molecule has 3 aromatic heterocycles. The maximum absolute atomic E-state index is 4.49. The number of hydrogen-bond donors (Lipinski definition) is 0. The van der Waals surface area contributed by atoms with E-state index < -0.39 is 0 Å². The molecule has 4 aromatic rings. The van der Waals surface area contributed by atoms with Gasteiger partial charge in [-0.2, -0.15) is 0 Å². The number of hydrogen-bond acceptors (Lipinski definition) is 3. The van der Waals surface area contributed by atoms with Crippen LogP contribution in [0.3, 0.4) is 0 Å². The molecule has 4 heteroatoms. The number of benzene rings is 1. The summed E-state index contributed by atoms with van der Waals surface area (Å²) in [5.41, 5.74) is 2.30. The number of rotatable bonds is 3. The molecule has 0 fully saturated rings. The molecule has 21 heavy (non-hydrogen) atoms. The summed E-state index contributed by atoms with van der Waals surface area (Å²) in [6.45, 7) is 0.802. The Kier molecular flexibility index (Phi) is 3.01. The Morgan fingerprint density at radius 2 is 1.90 bits per heavy atom. The van der Waals surface area contributed by atoms with Crippen LogP contribution in [-0.4, -0.2) is 14.5 Å². The molecule has 1 aromatic carbocycles. The molecular weight excluding hydrogens is 278 g/mol. The standard InChI is InChI=1S/C17H13N3S/c1-2-5-15-14(4-1)13(7-8-18-15)12-20-10-9-19-17(20)16-6-3-11-21-16/h1-11H,12H2. The predicted molar refractivity (Wildman–Crippen MR) is 86.4 cm³/mol. The van der Waals surface area contributed by atoms with Gasteiger partial charge in [0.15, 0.2) is 0 Å². The fourth-order valence-electron chi connectivity index (χ4n) is 2.54. The fraction of sp³-hybridized carbons (Fsp3) is 0.0588. The monoisotopic (exact) mass is 291 g/mol. The Hall–Kier alpha value is -2.46. The van der Waals surface area contributed by atoms with Gasteiger partial charge in [0, 0.05) is 30.5 Å². The Balaban J connectivity index is 1.78. The van der Waals surface area contributed by atoms with Crippen molar-refractivity contribution in [2.45, 2.75) is 6.54 Å². The molecule has 0 bridgehead atoms. The highest BCUT2D eigenvalue weighted by Gasteiger charge is 2.09. The van der Waals surface area contributed by atoms with E-state index in [1.54, 1.807) is 11.3 Å². The van der Waals surface area contributed by atoms with Crippen molar-refractivity contribution in [2.75, 3.05) is 0 Å². The van der Waals surface area contributed by atoms with Gasteiger partial charge in [0.25, 0.3) is 0 Å². The van der Waals surface area contributed by atoms with E-state index in [-0.39, 0.29) is 0 Å². The van der Waals surface area contributed by atoms with E-state index in [0.29, 0.717) is 0 Å². The maximum Gasteiger partial charge on any atom is 0.150 e. The van der Waals surface area contributed by atoms with Crippen LogP contribution in [0.15, 0.2) is 66.4 Å². The fourth-order valence-corrected chi connectivity index (χ4v) is 3.28. The van der Waals surface area contributed by atoms with E-state index in [4.69, 9.17) is 0 Å². The average molecular weight is 291 g/mol. The quantitative estimate of drug-likeness (QED) is 0.566. The van der Waals surface area contributed by atoms with Crippen LogP contribution in [0.25, 0.3) is 21.6 Å². The van der Waals surface area contributed by atoms with Crippen molar-refractivity contribution in [3.8, 4) is 10.7 Å². The van der Waals surface area contributed by atoms with Gasteiger partial charge in [0.2, 0.25) is 0 Å². The Morgan fingerprint density at radius 1 is 0.952 bits per heavy atom. The Labute approximate surface area is 126 Å². The van der Waals surface area contributed by atoms with Gasteiger partial charge in [0.05, 0.1) is 10.4 Å². The molecule has 0 saturated carbocycles. The molecule has 4 rings (SSSR count). The molecule has 0 saturated heterocycles. The van der Waals surface area contributed by atoms with Crippen molar-refractivity contribution in [3.05, 3.63) is 72.0 Å². The van der Waals surface area contributed by atoms with Crippen molar-refractivity contribution in [1.82, 2.24) is 14.5 Å². The van der Waals surface area contributed by atoms with Gasteiger partial charge in [-0.15, -0.1) is 11.3 Å². The molecule has 0 radical (unpaired) electrons. The van der Waals surface area contributed by atoms with E-state index in [2.05, 4.69) is 50.2 Å². The van der Waals surface area contributed by atoms with Crippen molar-refractivity contribution in [3.63, 3.8) is 0 Å². The summed E-state index contributed by atoms with van der Waals surface area (Å²) in [7, 11) is 0. The number of nitrogens with zero attached hydrogens (tertiary/aromatic N) is 3. The van der Waals surface area contributed by atoms with E-state index >= 15 is 0 Å². The summed E-state index contributed by atoms with van der Waals surface area (Å²) in [5.74, 6) is 1.02. The second kappa shape index (κ2) is 5.14. The van der Waals surface area contributed by atoms with Gasteiger partial charge < -0.3 is 4.57 Å². The summed E-state index contributed by atoms with van der Waals surface area (Å²) in [6, 6.07) is 14.5. The van der Waals surface area contributed by atoms with Crippen LogP contribution < -0.4 is 0 Å². The zero-order valence-corrected chi connectivity index (χ0v) is 12.1. The number of aromatic nitrogens is 3. The highest BCUT2D eigenvalue weighted by atomic mass is 32.1. The van der Waals surface area contributed by atoms with Crippen LogP contribution in [0.4, 0.5) is 0 Å². The molecule has 0 unspecified atom stereocenters. The third-order valence-corrected chi connectivity index (χ3v) is 4.40. The highest BCUT2D eigenvalue weighted by Crippen LogP contribution is 2.25. The van der Waals surface area contributed by atoms with E-state index in [1.165, 1.54) is 15.8 Å². The summed E-state index contributed by atoms with van der Waals surface area (Å²) >= 11 is 1.71. The van der Waals surface area contributed by atoms with Crippen molar-refractivity contribution >= 4 is 22.2 Å². The lowest BCUT2D eigenvalue weighted by Gasteiger charge is -2.09. The first-order valence-electron chi connectivity index (χ1n) is 6.79. The molecule has 0 atom stereocenters. The molecule has 102 valence electrons. The molecule has 3 heterocycles. The van der Waals surface area contributed by atoms with Gasteiger partial charge in [-0.25, -0.2) is 4.98 Å². The summed E-state index contributed by atoms with van der Waals surface area (Å²) in [4.78, 5) is 10.1. The van der Waals surface area contributed by atoms with Crippen LogP contribution in [0.1, 0.15) is 5.56 Å². The van der Waals surface area contributed by atoms with Crippen LogP contribution in [0.5, 0.6) is 0 Å². The minimum atomic E-state index is 0.802. The van der Waals surface area contributed by atoms with Gasteiger partial charge in [0.1, 0.15) is 5.82 Å². The van der Waals surface area contributed by atoms with Crippen molar-refractivity contribution in [1.29, 1.82) is 0 Å². The highest BCUT2D eigenvalue weighted by molar-refractivity contribution is 7.13. The zero-order chi connectivity index (χ0) is 14.1. The summed E-state index contributed by atoms with van der Waals surface area (Å²) in [6.07, 6.45) is 5.77. The lowest BCUT2D eigenvalue weighted by molar-refractivity contribution is 0.813. The number of imidazole rings is 1. The predicted octanol–water partition coefficient (Wildman–Crippen LogP) is 4.21. The molecule has 0 amide bonds. The van der Waals surface area contributed by atoms with Crippen LogP contribution >= 0.6 is 11.3 Å². The van der Waals surface area contributed by atoms with Gasteiger partial charge >= 0.3 is 0 Å². The smallest absolute Gasteiger partial charge is 0.150 e. The van der Waals surface area contributed by atoms with Crippen molar-refractivity contribution in [2.24, 2.45) is 0 Å². The van der Waals surface area contributed by atoms with E-state index in [0.717, 1.165) is 17.9 Å². The number of fused-ring (bicyclic) bond motifs is 1. The molecule has 0 aliphatic heterocycles. The van der Waals surface area contributed by atoms with Gasteiger partial charge in [-0.3, -0.25) is 4.98 Å². The molecule has 0 N–H and O–H groups in total. The second-order valence-corrected chi connectivity index (χ2v) is 5.79. The zero-order valence-electron chi connectivity index (χ0n) is 11.3. The molecule has 3 nitrogen and oxygen atoms in total. The number of para-hydroxylation sites is 1. The van der Waals surface area contributed by atoms with Crippen LogP contribution in [0.2, 0.25) is 0 Å².